The van der Waals surface area contributed by atoms with Crippen LogP contribution in [0, 0.1) is 0 Å². The minimum Gasteiger partial charge on any atom is -0.399 e. The summed E-state index contributed by atoms with van der Waals surface area (Å²) in [6.07, 6.45) is 1.87. The van der Waals surface area contributed by atoms with Gasteiger partial charge in [-0.1, -0.05) is 0 Å². The summed E-state index contributed by atoms with van der Waals surface area (Å²) in [5.41, 5.74) is 7.26. The van der Waals surface area contributed by atoms with Crippen LogP contribution in [0.5, 0.6) is 0 Å². The molecule has 0 unspecified atom stereocenters. The molecule has 5 heteroatoms. The molecule has 0 saturated carbocycles. The molecule has 1 heterocycles. The number of aliphatic hydroxyl groups excluding tert-OH is 1. The van der Waals surface area contributed by atoms with Crippen LogP contribution in [-0.2, 0) is 6.54 Å². The fourth-order valence-corrected chi connectivity index (χ4v) is 1.95. The van der Waals surface area contributed by atoms with E-state index in [1.165, 1.54) is 0 Å². The summed E-state index contributed by atoms with van der Waals surface area (Å²) < 4.78 is 2.58. The Morgan fingerprint density at radius 3 is 3.00 bits per heavy atom. The molecule has 1 aromatic heterocycles. The summed E-state index contributed by atoms with van der Waals surface area (Å²) in [6.45, 7) is 0.585. The number of hydrogen-bond acceptors (Lipinski definition) is 3. The monoisotopic (exact) mass is 255 g/mol. The number of anilines is 1. The van der Waals surface area contributed by atoms with Gasteiger partial charge in [0, 0.05) is 21.7 Å². The van der Waals surface area contributed by atoms with Crippen LogP contribution in [-0.4, -0.2) is 21.5 Å². The third kappa shape index (κ3) is 1.60. The fraction of sp³-hybridized carbons (Fsp3) is 0.222. The molecule has 0 radical (unpaired) electrons. The molecule has 0 amide bonds. The third-order valence-electron chi connectivity index (χ3n) is 1.96. The molecule has 0 aliphatic carbocycles. The maximum Gasteiger partial charge on any atom is 0.107 e. The highest BCUT2D eigenvalue weighted by Gasteiger charge is 2.05. The number of nitrogen functional groups attached to an aromatic ring is 1. The zero-order chi connectivity index (χ0) is 10.1. The minimum atomic E-state index is 0.0844. The van der Waals surface area contributed by atoms with E-state index >= 15 is 0 Å². The van der Waals surface area contributed by atoms with Crippen molar-refractivity contribution in [3.8, 4) is 0 Å². The highest BCUT2D eigenvalue weighted by molar-refractivity contribution is 9.10. The Bertz CT molecular complexity index is 466. The lowest BCUT2D eigenvalue weighted by Gasteiger charge is -1.95. The van der Waals surface area contributed by atoms with Crippen molar-refractivity contribution >= 4 is 32.5 Å². The van der Waals surface area contributed by atoms with Gasteiger partial charge in [0.05, 0.1) is 13.2 Å². The maximum absolute atomic E-state index is 8.77. The third-order valence-corrected chi connectivity index (χ3v) is 2.57. The first-order valence-electron chi connectivity index (χ1n) is 4.24. The highest BCUT2D eigenvalue weighted by atomic mass is 79.9. The molecule has 2 rings (SSSR count). The Kier molecular flexibility index (Phi) is 2.43. The number of nitrogens with two attached hydrogens (primary N) is 1. The molecule has 14 heavy (non-hydrogen) atoms. The predicted octanol–water partition coefficient (Wildman–Crippen LogP) is 1.37. The van der Waals surface area contributed by atoms with Crippen molar-refractivity contribution in [1.82, 2.24) is 9.78 Å². The second kappa shape index (κ2) is 3.59. The SMILES string of the molecule is Nc1cc(Br)c2nn(CCO)cc2c1. The van der Waals surface area contributed by atoms with Crippen molar-refractivity contribution in [3.05, 3.63) is 22.8 Å². The second-order valence-electron chi connectivity index (χ2n) is 3.06. The largest absolute Gasteiger partial charge is 0.399 e. The Morgan fingerprint density at radius 1 is 1.50 bits per heavy atom. The van der Waals surface area contributed by atoms with E-state index in [0.717, 1.165) is 15.4 Å². The molecule has 3 N–H and O–H groups in total. The van der Waals surface area contributed by atoms with E-state index in [-0.39, 0.29) is 6.61 Å². The number of nitrogens with zero attached hydrogens (tertiary/aromatic N) is 2. The molecule has 74 valence electrons. The van der Waals surface area contributed by atoms with E-state index < -0.39 is 0 Å². The summed E-state index contributed by atoms with van der Waals surface area (Å²) in [6, 6.07) is 3.68. The molecule has 1 aromatic carbocycles. The van der Waals surface area contributed by atoms with E-state index in [9.17, 15) is 0 Å². The zero-order valence-corrected chi connectivity index (χ0v) is 9.03. The van der Waals surface area contributed by atoms with Gasteiger partial charge in [-0.2, -0.15) is 5.10 Å². The average Bonchev–Trinajstić information content (AvgIpc) is 2.48. The molecule has 2 aromatic rings. The molecule has 0 fully saturated rings. The molecular formula is C9H10BrN3O. The van der Waals surface area contributed by atoms with Crippen LogP contribution in [0.15, 0.2) is 22.8 Å². The fourth-order valence-electron chi connectivity index (χ4n) is 1.38. The first-order valence-corrected chi connectivity index (χ1v) is 5.03. The molecule has 4 nitrogen and oxygen atoms in total. The lowest BCUT2D eigenvalue weighted by molar-refractivity contribution is 0.270. The molecular weight excluding hydrogens is 246 g/mol. The maximum atomic E-state index is 8.77. The Morgan fingerprint density at radius 2 is 2.29 bits per heavy atom. The summed E-state index contributed by atoms with van der Waals surface area (Å²) >= 11 is 3.39. The normalized spacial score (nSPS) is 11.0. The van der Waals surface area contributed by atoms with Gasteiger partial charge in [-0.3, -0.25) is 4.68 Å². The van der Waals surface area contributed by atoms with Crippen molar-refractivity contribution in [2.45, 2.75) is 6.54 Å². The Labute approximate surface area is 89.5 Å². The molecule has 0 bridgehead atoms. The Balaban J connectivity index is 2.58. The van der Waals surface area contributed by atoms with Crippen LogP contribution in [0.1, 0.15) is 0 Å². The van der Waals surface area contributed by atoms with Gasteiger partial charge in [0.1, 0.15) is 5.52 Å². The minimum absolute atomic E-state index is 0.0844. The van der Waals surface area contributed by atoms with Crippen LogP contribution in [0.2, 0.25) is 0 Å². The van der Waals surface area contributed by atoms with Crippen LogP contribution in [0.25, 0.3) is 10.9 Å². The molecule has 0 atom stereocenters. The van der Waals surface area contributed by atoms with Crippen LogP contribution >= 0.6 is 15.9 Å². The van der Waals surface area contributed by atoms with Gasteiger partial charge < -0.3 is 10.8 Å². The van der Waals surface area contributed by atoms with Crippen molar-refractivity contribution in [2.75, 3.05) is 12.3 Å². The lowest BCUT2D eigenvalue weighted by atomic mass is 10.2. The standard InChI is InChI=1S/C9H10BrN3O/c10-8-4-7(11)3-6-5-13(1-2-14)12-9(6)8/h3-5,14H,1-2,11H2. The first kappa shape index (κ1) is 9.48. The zero-order valence-electron chi connectivity index (χ0n) is 7.44. The van der Waals surface area contributed by atoms with E-state index in [1.807, 2.05) is 18.3 Å². The van der Waals surface area contributed by atoms with E-state index in [4.69, 9.17) is 10.8 Å². The second-order valence-corrected chi connectivity index (χ2v) is 3.91. The number of rotatable bonds is 2. The van der Waals surface area contributed by atoms with Gasteiger partial charge in [0.15, 0.2) is 0 Å². The van der Waals surface area contributed by atoms with E-state index in [0.29, 0.717) is 12.2 Å². The number of halogens is 1. The quantitative estimate of drug-likeness (QED) is 0.797. The van der Waals surface area contributed by atoms with Crippen LogP contribution in [0.4, 0.5) is 5.69 Å². The molecule has 0 spiro atoms. The van der Waals surface area contributed by atoms with Crippen LogP contribution < -0.4 is 5.73 Å². The number of fused-ring (bicyclic) bond motifs is 1. The molecule has 0 aliphatic rings. The number of hydrogen-bond donors (Lipinski definition) is 2. The van der Waals surface area contributed by atoms with Gasteiger partial charge in [0.2, 0.25) is 0 Å². The van der Waals surface area contributed by atoms with Gasteiger partial charge in [-0.25, -0.2) is 0 Å². The number of aliphatic hydroxyl groups is 1. The number of aromatic nitrogens is 2. The van der Waals surface area contributed by atoms with Crippen LogP contribution in [0.3, 0.4) is 0 Å². The topological polar surface area (TPSA) is 64.1 Å². The average molecular weight is 256 g/mol. The molecule has 0 aliphatic heterocycles. The number of benzene rings is 1. The summed E-state index contributed by atoms with van der Waals surface area (Å²) in [4.78, 5) is 0. The van der Waals surface area contributed by atoms with Crippen molar-refractivity contribution in [2.24, 2.45) is 0 Å². The van der Waals surface area contributed by atoms with E-state index in [2.05, 4.69) is 21.0 Å². The van der Waals surface area contributed by atoms with Gasteiger partial charge >= 0.3 is 0 Å². The summed E-state index contributed by atoms with van der Waals surface area (Å²) in [7, 11) is 0. The smallest absolute Gasteiger partial charge is 0.107 e. The van der Waals surface area contributed by atoms with Gasteiger partial charge in [0.25, 0.3) is 0 Å². The molecule has 0 saturated heterocycles. The van der Waals surface area contributed by atoms with E-state index in [1.54, 1.807) is 4.68 Å². The van der Waals surface area contributed by atoms with Crippen molar-refractivity contribution in [3.63, 3.8) is 0 Å². The van der Waals surface area contributed by atoms with Gasteiger partial charge in [-0.15, -0.1) is 0 Å². The lowest BCUT2D eigenvalue weighted by Crippen LogP contribution is -2.01. The predicted molar refractivity (Wildman–Crippen MR) is 58.9 cm³/mol. The summed E-state index contributed by atoms with van der Waals surface area (Å²) in [5, 5.41) is 14.0. The van der Waals surface area contributed by atoms with Gasteiger partial charge in [-0.05, 0) is 28.1 Å². The first-order chi connectivity index (χ1) is 6.70. The van der Waals surface area contributed by atoms with Crippen molar-refractivity contribution < 1.29 is 5.11 Å². The highest BCUT2D eigenvalue weighted by Crippen LogP contribution is 2.25. The van der Waals surface area contributed by atoms with Crippen molar-refractivity contribution in [1.29, 1.82) is 0 Å². The Hall–Kier alpha value is -1.07. The summed E-state index contributed by atoms with van der Waals surface area (Å²) in [5.74, 6) is 0.